The van der Waals surface area contributed by atoms with Gasteiger partial charge < -0.3 is 19.8 Å². The van der Waals surface area contributed by atoms with Gasteiger partial charge in [-0.1, -0.05) is 0 Å². The summed E-state index contributed by atoms with van der Waals surface area (Å²) >= 11 is 0. The molecular formula is C14H20N2O3. The van der Waals surface area contributed by atoms with E-state index in [0.717, 1.165) is 31.7 Å². The molecule has 0 aromatic carbocycles. The lowest BCUT2D eigenvalue weighted by atomic mass is 9.84. The van der Waals surface area contributed by atoms with E-state index in [1.807, 2.05) is 12.1 Å². The third-order valence-electron chi connectivity index (χ3n) is 4.02. The summed E-state index contributed by atoms with van der Waals surface area (Å²) in [5.74, 6) is 1.29. The van der Waals surface area contributed by atoms with E-state index < -0.39 is 0 Å². The molecule has 2 saturated heterocycles. The van der Waals surface area contributed by atoms with Gasteiger partial charge in [0.05, 0.1) is 31.4 Å². The Bertz CT molecular complexity index is 418. The van der Waals surface area contributed by atoms with Crippen molar-refractivity contribution in [2.45, 2.75) is 25.5 Å². The van der Waals surface area contributed by atoms with Gasteiger partial charge in [-0.2, -0.15) is 0 Å². The summed E-state index contributed by atoms with van der Waals surface area (Å²) in [7, 11) is 0. The Kier molecular flexibility index (Phi) is 3.84. The van der Waals surface area contributed by atoms with Crippen molar-refractivity contribution in [3.05, 3.63) is 24.2 Å². The molecule has 2 aliphatic rings. The van der Waals surface area contributed by atoms with Gasteiger partial charge in [-0.3, -0.25) is 4.79 Å². The number of ether oxygens (including phenoxy) is 1. The van der Waals surface area contributed by atoms with E-state index >= 15 is 0 Å². The van der Waals surface area contributed by atoms with Crippen LogP contribution in [0, 0.1) is 11.8 Å². The molecule has 2 N–H and O–H groups in total. The minimum atomic E-state index is -0.0314. The van der Waals surface area contributed by atoms with E-state index in [4.69, 9.17) is 9.15 Å². The highest BCUT2D eigenvalue weighted by atomic mass is 16.5. The van der Waals surface area contributed by atoms with Gasteiger partial charge in [-0.05, 0) is 37.4 Å². The van der Waals surface area contributed by atoms with Gasteiger partial charge in [0.15, 0.2) is 0 Å². The SMILES string of the molecule is O=C(NCc1ccco1)[C@@H]1CO[C@@H]2CCNC[C@@H]2C1. The summed E-state index contributed by atoms with van der Waals surface area (Å²) in [5.41, 5.74) is 0. The molecular weight excluding hydrogens is 244 g/mol. The zero-order chi connectivity index (χ0) is 13.1. The Balaban J connectivity index is 1.50. The number of piperidine rings is 1. The second-order valence-corrected chi connectivity index (χ2v) is 5.35. The molecule has 1 aromatic rings. The molecule has 3 atom stereocenters. The molecule has 3 heterocycles. The molecule has 2 fully saturated rings. The van der Waals surface area contributed by atoms with E-state index in [9.17, 15) is 4.79 Å². The van der Waals surface area contributed by atoms with Crippen molar-refractivity contribution in [1.29, 1.82) is 0 Å². The van der Waals surface area contributed by atoms with Crippen LogP contribution in [-0.4, -0.2) is 31.7 Å². The van der Waals surface area contributed by atoms with Crippen LogP contribution in [0.3, 0.4) is 0 Å². The Labute approximate surface area is 112 Å². The molecule has 1 amide bonds. The number of rotatable bonds is 3. The van der Waals surface area contributed by atoms with Gasteiger partial charge in [-0.25, -0.2) is 0 Å². The Morgan fingerprint density at radius 2 is 2.47 bits per heavy atom. The van der Waals surface area contributed by atoms with Crippen molar-refractivity contribution in [2.75, 3.05) is 19.7 Å². The molecule has 2 aliphatic heterocycles. The van der Waals surface area contributed by atoms with Crippen molar-refractivity contribution in [2.24, 2.45) is 11.8 Å². The van der Waals surface area contributed by atoms with Crippen LogP contribution in [0.2, 0.25) is 0 Å². The zero-order valence-electron chi connectivity index (χ0n) is 10.9. The van der Waals surface area contributed by atoms with E-state index in [1.165, 1.54) is 0 Å². The van der Waals surface area contributed by atoms with E-state index in [-0.39, 0.29) is 11.8 Å². The zero-order valence-corrected chi connectivity index (χ0v) is 10.9. The molecule has 0 spiro atoms. The van der Waals surface area contributed by atoms with Crippen molar-refractivity contribution in [3.8, 4) is 0 Å². The predicted octanol–water partition coefficient (Wildman–Crippen LogP) is 0.910. The number of hydrogen-bond donors (Lipinski definition) is 2. The van der Waals surface area contributed by atoms with Crippen molar-refractivity contribution in [1.82, 2.24) is 10.6 Å². The normalized spacial score (nSPS) is 30.6. The average Bonchev–Trinajstić information content (AvgIpc) is 2.97. The van der Waals surface area contributed by atoms with E-state index in [1.54, 1.807) is 6.26 Å². The summed E-state index contributed by atoms with van der Waals surface area (Å²) in [4.78, 5) is 12.1. The van der Waals surface area contributed by atoms with Gasteiger partial charge >= 0.3 is 0 Å². The van der Waals surface area contributed by atoms with Gasteiger partial charge in [0, 0.05) is 6.54 Å². The Morgan fingerprint density at radius 1 is 1.53 bits per heavy atom. The number of fused-ring (bicyclic) bond motifs is 1. The minimum absolute atomic E-state index is 0.0314. The van der Waals surface area contributed by atoms with Crippen LogP contribution in [0.4, 0.5) is 0 Å². The maximum Gasteiger partial charge on any atom is 0.225 e. The highest BCUT2D eigenvalue weighted by Gasteiger charge is 2.35. The number of hydrogen-bond acceptors (Lipinski definition) is 4. The summed E-state index contributed by atoms with van der Waals surface area (Å²) in [5, 5.41) is 6.29. The Morgan fingerprint density at radius 3 is 3.32 bits per heavy atom. The molecule has 0 bridgehead atoms. The maximum absolute atomic E-state index is 12.1. The fourth-order valence-corrected chi connectivity index (χ4v) is 2.94. The monoisotopic (exact) mass is 264 g/mol. The van der Waals surface area contributed by atoms with Crippen LogP contribution in [0.1, 0.15) is 18.6 Å². The molecule has 0 saturated carbocycles. The summed E-state index contributed by atoms with van der Waals surface area (Å²) in [6.45, 7) is 2.99. The maximum atomic E-state index is 12.1. The second-order valence-electron chi connectivity index (χ2n) is 5.35. The first-order chi connectivity index (χ1) is 9.33. The number of carbonyl (C=O) groups is 1. The van der Waals surface area contributed by atoms with Crippen LogP contribution in [0.15, 0.2) is 22.8 Å². The summed E-state index contributed by atoms with van der Waals surface area (Å²) in [6.07, 6.45) is 3.94. The molecule has 1 aromatic heterocycles. The molecule has 3 rings (SSSR count). The van der Waals surface area contributed by atoms with Gasteiger partial charge in [0.1, 0.15) is 5.76 Å². The Hall–Kier alpha value is -1.33. The highest BCUT2D eigenvalue weighted by Crippen LogP contribution is 2.28. The largest absolute Gasteiger partial charge is 0.467 e. The van der Waals surface area contributed by atoms with E-state index in [0.29, 0.717) is 25.2 Å². The first kappa shape index (κ1) is 12.7. The van der Waals surface area contributed by atoms with Crippen LogP contribution < -0.4 is 10.6 Å². The third kappa shape index (κ3) is 2.98. The standard InChI is InChI=1S/C14H20N2O3/c17-14(16-8-12-2-1-5-18-12)11-6-10-7-15-4-3-13(10)19-9-11/h1-2,5,10-11,13,15H,3-4,6-9H2,(H,16,17)/t10-,11-,13+/m0/s1. The number of carbonyl (C=O) groups excluding carboxylic acids is 1. The average molecular weight is 264 g/mol. The highest BCUT2D eigenvalue weighted by molar-refractivity contribution is 5.78. The lowest BCUT2D eigenvalue weighted by molar-refractivity contribution is -0.136. The predicted molar refractivity (Wildman–Crippen MR) is 69.4 cm³/mol. The molecule has 19 heavy (non-hydrogen) atoms. The third-order valence-corrected chi connectivity index (χ3v) is 4.02. The van der Waals surface area contributed by atoms with Gasteiger partial charge in [0.2, 0.25) is 5.91 Å². The van der Waals surface area contributed by atoms with Gasteiger partial charge in [0.25, 0.3) is 0 Å². The van der Waals surface area contributed by atoms with Crippen LogP contribution in [-0.2, 0) is 16.1 Å². The fraction of sp³-hybridized carbons (Fsp3) is 0.643. The number of amides is 1. The van der Waals surface area contributed by atoms with Crippen LogP contribution >= 0.6 is 0 Å². The van der Waals surface area contributed by atoms with Crippen molar-refractivity contribution < 1.29 is 13.9 Å². The van der Waals surface area contributed by atoms with Crippen LogP contribution in [0.5, 0.6) is 0 Å². The van der Waals surface area contributed by atoms with E-state index in [2.05, 4.69) is 10.6 Å². The number of furan rings is 1. The van der Waals surface area contributed by atoms with Gasteiger partial charge in [-0.15, -0.1) is 0 Å². The van der Waals surface area contributed by atoms with Crippen LogP contribution in [0.25, 0.3) is 0 Å². The fourth-order valence-electron chi connectivity index (χ4n) is 2.94. The topological polar surface area (TPSA) is 63.5 Å². The first-order valence-electron chi connectivity index (χ1n) is 6.95. The minimum Gasteiger partial charge on any atom is -0.467 e. The molecule has 0 radical (unpaired) electrons. The second kappa shape index (κ2) is 5.75. The molecule has 5 nitrogen and oxygen atoms in total. The lowest BCUT2D eigenvalue weighted by Crippen LogP contribution is -2.49. The quantitative estimate of drug-likeness (QED) is 0.852. The summed E-state index contributed by atoms with van der Waals surface area (Å²) in [6, 6.07) is 3.68. The smallest absolute Gasteiger partial charge is 0.225 e. The van der Waals surface area contributed by atoms with Crippen molar-refractivity contribution in [3.63, 3.8) is 0 Å². The molecule has 5 heteroatoms. The van der Waals surface area contributed by atoms with Crippen molar-refractivity contribution >= 4 is 5.91 Å². The molecule has 0 aliphatic carbocycles. The lowest BCUT2D eigenvalue weighted by Gasteiger charge is -2.38. The molecule has 0 unspecified atom stereocenters. The summed E-state index contributed by atoms with van der Waals surface area (Å²) < 4.78 is 11.0. The first-order valence-corrected chi connectivity index (χ1v) is 6.95. The molecule has 104 valence electrons. The number of nitrogens with one attached hydrogen (secondary N) is 2.